The molecule has 1 saturated heterocycles. The molecule has 0 aromatic rings. The molecule has 0 aromatic heterocycles. The number of rotatable bonds is 4. The van der Waals surface area contributed by atoms with Crippen LogP contribution in [-0.4, -0.2) is 25.4 Å². The van der Waals surface area contributed by atoms with Crippen LogP contribution in [0.15, 0.2) is 0 Å². The van der Waals surface area contributed by atoms with Crippen molar-refractivity contribution in [3.05, 3.63) is 6.67 Å². The normalized spacial score (nSPS) is 24.9. The van der Waals surface area contributed by atoms with Crippen LogP contribution in [0.4, 0.5) is 13.2 Å². The molecule has 0 N–H and O–H groups in total. The lowest BCUT2D eigenvalue weighted by Crippen LogP contribution is -2.22. The maximum absolute atomic E-state index is 11.8. The summed E-state index contributed by atoms with van der Waals surface area (Å²) >= 11 is 0. The minimum Gasteiger partial charge on any atom is -0.371 e. The number of alkyl halides is 2. The first-order chi connectivity index (χ1) is 4.64. The largest absolute Gasteiger partial charge is 0.390 e. The third-order valence-corrected chi connectivity index (χ3v) is 0.991. The Morgan fingerprint density at radius 3 is 2.70 bits per heavy atom. The SMILES string of the molecule is F[CH]C(F)(F)OCC1CO1. The maximum Gasteiger partial charge on any atom is 0.390 e. The van der Waals surface area contributed by atoms with Gasteiger partial charge in [-0.3, -0.25) is 0 Å². The Hall–Kier alpha value is -0.290. The molecule has 0 aliphatic carbocycles. The zero-order valence-corrected chi connectivity index (χ0v) is 5.02. The lowest BCUT2D eigenvalue weighted by atomic mass is 10.5. The van der Waals surface area contributed by atoms with Gasteiger partial charge in [0.1, 0.15) is 6.10 Å². The fourth-order valence-electron chi connectivity index (χ4n) is 0.400. The van der Waals surface area contributed by atoms with Gasteiger partial charge in [-0.25, -0.2) is 4.39 Å². The van der Waals surface area contributed by atoms with Gasteiger partial charge in [-0.2, -0.15) is 8.78 Å². The summed E-state index contributed by atoms with van der Waals surface area (Å²) in [5.41, 5.74) is 0. The molecule has 1 atom stereocenters. The van der Waals surface area contributed by atoms with Crippen LogP contribution in [0.2, 0.25) is 0 Å². The molecular weight excluding hydrogens is 149 g/mol. The average Bonchev–Trinajstić information content (AvgIpc) is 2.66. The predicted molar refractivity (Wildman–Crippen MR) is 26.0 cm³/mol. The van der Waals surface area contributed by atoms with Crippen molar-refractivity contribution < 1.29 is 22.6 Å². The van der Waals surface area contributed by atoms with Gasteiger partial charge in [0.2, 0.25) is 6.67 Å². The topological polar surface area (TPSA) is 21.8 Å². The Kier molecular flexibility index (Phi) is 2.15. The summed E-state index contributed by atoms with van der Waals surface area (Å²) in [5, 5.41) is 0. The molecule has 1 rings (SSSR count). The fraction of sp³-hybridized carbons (Fsp3) is 0.800. The highest BCUT2D eigenvalue weighted by Crippen LogP contribution is 2.21. The van der Waals surface area contributed by atoms with E-state index in [-0.39, 0.29) is 12.7 Å². The summed E-state index contributed by atoms with van der Waals surface area (Å²) in [4.78, 5) is 0. The van der Waals surface area contributed by atoms with E-state index in [2.05, 4.69) is 9.47 Å². The second kappa shape index (κ2) is 2.75. The van der Waals surface area contributed by atoms with Gasteiger partial charge in [0.05, 0.1) is 13.2 Å². The molecule has 10 heavy (non-hydrogen) atoms. The summed E-state index contributed by atoms with van der Waals surface area (Å²) < 4.78 is 43.2. The molecule has 1 aliphatic rings. The second-order valence-electron chi connectivity index (χ2n) is 1.94. The van der Waals surface area contributed by atoms with Gasteiger partial charge < -0.3 is 9.47 Å². The lowest BCUT2D eigenvalue weighted by molar-refractivity contribution is -0.226. The van der Waals surface area contributed by atoms with Crippen LogP contribution < -0.4 is 0 Å². The molecule has 0 spiro atoms. The third kappa shape index (κ3) is 2.53. The van der Waals surface area contributed by atoms with E-state index in [1.165, 1.54) is 0 Å². The van der Waals surface area contributed by atoms with Crippen molar-refractivity contribution >= 4 is 0 Å². The molecule has 0 aromatic carbocycles. The molecule has 2 nitrogen and oxygen atoms in total. The van der Waals surface area contributed by atoms with Gasteiger partial charge >= 0.3 is 6.11 Å². The Labute approximate surface area is 55.9 Å². The number of epoxide rings is 1. The molecule has 1 unspecified atom stereocenters. The van der Waals surface area contributed by atoms with Gasteiger partial charge in [0.25, 0.3) is 0 Å². The first kappa shape index (κ1) is 7.81. The molecule has 0 saturated carbocycles. The summed E-state index contributed by atoms with van der Waals surface area (Å²) in [6.07, 6.45) is -4.03. The van der Waals surface area contributed by atoms with Crippen LogP contribution >= 0.6 is 0 Å². The number of hydrogen-bond donors (Lipinski definition) is 0. The molecule has 1 radical (unpaired) electrons. The fourth-order valence-corrected chi connectivity index (χ4v) is 0.400. The number of hydrogen-bond acceptors (Lipinski definition) is 2. The van der Waals surface area contributed by atoms with E-state index < -0.39 is 12.8 Å². The van der Waals surface area contributed by atoms with Crippen molar-refractivity contribution in [2.24, 2.45) is 0 Å². The van der Waals surface area contributed by atoms with E-state index in [1.807, 2.05) is 0 Å². The molecule has 59 valence electrons. The van der Waals surface area contributed by atoms with Crippen LogP contribution in [0.1, 0.15) is 0 Å². The zero-order valence-electron chi connectivity index (χ0n) is 5.02. The van der Waals surface area contributed by atoms with Crippen molar-refractivity contribution in [1.29, 1.82) is 0 Å². The van der Waals surface area contributed by atoms with E-state index in [9.17, 15) is 13.2 Å². The number of halogens is 3. The smallest absolute Gasteiger partial charge is 0.371 e. The highest BCUT2D eigenvalue weighted by atomic mass is 19.3. The van der Waals surface area contributed by atoms with E-state index in [0.29, 0.717) is 6.61 Å². The van der Waals surface area contributed by atoms with Gasteiger partial charge in [0.15, 0.2) is 0 Å². The third-order valence-electron chi connectivity index (χ3n) is 0.991. The summed E-state index contributed by atoms with van der Waals surface area (Å²) in [6, 6.07) is 0. The monoisotopic (exact) mass is 155 g/mol. The first-order valence-electron chi connectivity index (χ1n) is 2.72. The van der Waals surface area contributed by atoms with Gasteiger partial charge in [0, 0.05) is 0 Å². The molecular formula is C5H6F3O2. The second-order valence-corrected chi connectivity index (χ2v) is 1.94. The Morgan fingerprint density at radius 2 is 2.30 bits per heavy atom. The standard InChI is InChI=1S/C5H6F3O2/c6-3-5(7,8)10-2-4-1-9-4/h3-4H,1-2H2. The minimum atomic E-state index is -3.76. The maximum atomic E-state index is 11.8. The van der Waals surface area contributed by atoms with Crippen LogP contribution in [0.5, 0.6) is 0 Å². The molecule has 0 bridgehead atoms. The van der Waals surface area contributed by atoms with Crippen molar-refractivity contribution in [3.8, 4) is 0 Å². The Balaban J connectivity index is 2.09. The van der Waals surface area contributed by atoms with Crippen molar-refractivity contribution in [2.75, 3.05) is 13.2 Å². The van der Waals surface area contributed by atoms with Crippen LogP contribution in [0, 0.1) is 6.67 Å². The Bertz CT molecular complexity index is 113. The Morgan fingerprint density at radius 1 is 1.70 bits per heavy atom. The first-order valence-corrected chi connectivity index (χ1v) is 2.72. The molecule has 1 fully saturated rings. The van der Waals surface area contributed by atoms with Crippen LogP contribution in [-0.2, 0) is 9.47 Å². The quantitative estimate of drug-likeness (QED) is 0.567. The minimum absolute atomic E-state index is 0.257. The summed E-state index contributed by atoms with van der Waals surface area (Å²) in [6.45, 7) is -0.620. The van der Waals surface area contributed by atoms with Gasteiger partial charge in [-0.1, -0.05) is 0 Å². The highest BCUT2D eigenvalue weighted by molar-refractivity contribution is 4.70. The van der Waals surface area contributed by atoms with Crippen molar-refractivity contribution in [2.45, 2.75) is 12.2 Å². The van der Waals surface area contributed by atoms with E-state index >= 15 is 0 Å². The van der Waals surface area contributed by atoms with Crippen molar-refractivity contribution in [1.82, 2.24) is 0 Å². The van der Waals surface area contributed by atoms with Gasteiger partial charge in [-0.05, 0) is 0 Å². The molecule has 1 aliphatic heterocycles. The van der Waals surface area contributed by atoms with Crippen molar-refractivity contribution in [3.63, 3.8) is 0 Å². The number of ether oxygens (including phenoxy) is 2. The van der Waals surface area contributed by atoms with Crippen LogP contribution in [0.25, 0.3) is 0 Å². The predicted octanol–water partition coefficient (Wildman–Crippen LogP) is 1.13. The van der Waals surface area contributed by atoms with E-state index in [4.69, 9.17) is 0 Å². The average molecular weight is 155 g/mol. The van der Waals surface area contributed by atoms with E-state index in [0.717, 1.165) is 0 Å². The molecule has 1 heterocycles. The van der Waals surface area contributed by atoms with E-state index in [1.54, 1.807) is 0 Å². The zero-order chi connectivity index (χ0) is 7.61. The highest BCUT2D eigenvalue weighted by Gasteiger charge is 2.34. The molecule has 5 heteroatoms. The van der Waals surface area contributed by atoms with Gasteiger partial charge in [-0.15, -0.1) is 0 Å². The van der Waals surface area contributed by atoms with Crippen LogP contribution in [0.3, 0.4) is 0 Å². The molecule has 0 amide bonds. The summed E-state index contributed by atoms with van der Waals surface area (Å²) in [7, 11) is 0. The lowest BCUT2D eigenvalue weighted by Gasteiger charge is -2.10. The summed E-state index contributed by atoms with van der Waals surface area (Å²) in [5.74, 6) is 0.